The highest BCUT2D eigenvalue weighted by Gasteiger charge is 2.36. The fourth-order valence-corrected chi connectivity index (χ4v) is 3.87. The van der Waals surface area contributed by atoms with Crippen LogP contribution in [0.15, 0.2) is 18.3 Å². The Bertz CT molecular complexity index is 658. The van der Waals surface area contributed by atoms with Gasteiger partial charge in [0.05, 0.1) is 6.20 Å². The molecule has 0 amide bonds. The third-order valence-electron chi connectivity index (χ3n) is 5.27. The molecule has 0 saturated carbocycles. The quantitative estimate of drug-likeness (QED) is 0.872. The van der Waals surface area contributed by atoms with Crippen molar-refractivity contribution in [1.29, 1.82) is 0 Å². The number of aromatic nitrogens is 3. The third-order valence-corrected chi connectivity index (χ3v) is 5.27. The Morgan fingerprint density at radius 1 is 1.27 bits per heavy atom. The molecule has 1 unspecified atom stereocenters. The van der Waals surface area contributed by atoms with Gasteiger partial charge in [-0.1, -0.05) is 13.3 Å². The van der Waals surface area contributed by atoms with Gasteiger partial charge in [-0.15, -0.1) is 0 Å². The minimum Gasteiger partial charge on any atom is -0.353 e. The predicted octanol–water partition coefficient (Wildman–Crippen LogP) is 2.35. The fraction of sp³-hybridized carbons (Fsp3) is 0.647. The number of likely N-dealkylation sites (tertiary alicyclic amines) is 1. The predicted molar refractivity (Wildman–Crippen MR) is 88.4 cm³/mol. The summed E-state index contributed by atoms with van der Waals surface area (Å²) in [5, 5.41) is 4.45. The van der Waals surface area contributed by atoms with Crippen LogP contribution in [0, 0.1) is 0 Å². The van der Waals surface area contributed by atoms with Crippen LogP contribution in [-0.2, 0) is 6.42 Å². The number of anilines is 1. The summed E-state index contributed by atoms with van der Waals surface area (Å²) in [6.45, 7) is 8.05. The molecule has 0 N–H and O–H groups in total. The lowest BCUT2D eigenvalue weighted by atomic mass is 9.97. The Balaban J connectivity index is 1.54. The molecule has 4 heterocycles. The smallest absolute Gasteiger partial charge is 0.157 e. The second-order valence-corrected chi connectivity index (χ2v) is 6.70. The summed E-state index contributed by atoms with van der Waals surface area (Å²) in [7, 11) is 0. The highest BCUT2D eigenvalue weighted by molar-refractivity contribution is 5.52. The van der Waals surface area contributed by atoms with Crippen molar-refractivity contribution in [2.24, 2.45) is 0 Å². The van der Waals surface area contributed by atoms with Crippen LogP contribution in [0.1, 0.15) is 38.8 Å². The molecule has 5 heteroatoms. The van der Waals surface area contributed by atoms with Crippen LogP contribution in [0.3, 0.4) is 0 Å². The van der Waals surface area contributed by atoms with E-state index in [9.17, 15) is 0 Å². The highest BCUT2D eigenvalue weighted by Crippen LogP contribution is 2.28. The molecule has 22 heavy (non-hydrogen) atoms. The molecule has 2 aromatic heterocycles. The Labute approximate surface area is 131 Å². The van der Waals surface area contributed by atoms with Gasteiger partial charge in [-0.25, -0.2) is 4.98 Å². The Kier molecular flexibility index (Phi) is 3.53. The van der Waals surface area contributed by atoms with Gasteiger partial charge in [-0.3, -0.25) is 4.90 Å². The number of hydrogen-bond acceptors (Lipinski definition) is 4. The van der Waals surface area contributed by atoms with Crippen molar-refractivity contribution in [2.75, 3.05) is 24.5 Å². The van der Waals surface area contributed by atoms with Gasteiger partial charge in [0, 0.05) is 43.0 Å². The summed E-state index contributed by atoms with van der Waals surface area (Å²) in [5.41, 5.74) is 2.11. The zero-order chi connectivity index (χ0) is 15.1. The monoisotopic (exact) mass is 299 g/mol. The van der Waals surface area contributed by atoms with Crippen molar-refractivity contribution in [3.8, 4) is 0 Å². The summed E-state index contributed by atoms with van der Waals surface area (Å²) >= 11 is 0. The second kappa shape index (κ2) is 5.54. The highest BCUT2D eigenvalue weighted by atomic mass is 15.4. The van der Waals surface area contributed by atoms with E-state index in [1.165, 1.54) is 31.6 Å². The number of piperidine rings is 1. The Morgan fingerprint density at radius 3 is 2.91 bits per heavy atom. The van der Waals surface area contributed by atoms with E-state index in [0.717, 1.165) is 36.9 Å². The first-order valence-corrected chi connectivity index (χ1v) is 8.60. The average molecular weight is 299 g/mol. The van der Waals surface area contributed by atoms with Crippen molar-refractivity contribution in [3.63, 3.8) is 0 Å². The van der Waals surface area contributed by atoms with E-state index in [-0.39, 0.29) is 0 Å². The molecular weight excluding hydrogens is 274 g/mol. The Morgan fingerprint density at radius 2 is 2.14 bits per heavy atom. The number of fused-ring (bicyclic) bond motifs is 1. The van der Waals surface area contributed by atoms with E-state index in [4.69, 9.17) is 0 Å². The normalized spacial score (nSPS) is 23.9. The molecule has 2 saturated heterocycles. The van der Waals surface area contributed by atoms with Crippen LogP contribution in [-0.4, -0.2) is 51.2 Å². The molecule has 2 fully saturated rings. The SMILES string of the molecule is CCc1cc(N2CC(N3CCCCC3C)C2)n2nccc2n1. The van der Waals surface area contributed by atoms with Crippen molar-refractivity contribution >= 4 is 11.5 Å². The van der Waals surface area contributed by atoms with Gasteiger partial charge < -0.3 is 4.90 Å². The lowest BCUT2D eigenvalue weighted by Gasteiger charge is -2.50. The topological polar surface area (TPSA) is 36.7 Å². The van der Waals surface area contributed by atoms with E-state index < -0.39 is 0 Å². The third kappa shape index (κ3) is 2.28. The number of nitrogens with zero attached hydrogens (tertiary/aromatic N) is 5. The standard InChI is InChI=1S/C17H25N5/c1-3-14-10-17(22-16(19-14)7-8-18-22)20-11-15(12-20)21-9-5-4-6-13(21)2/h7-8,10,13,15H,3-6,9,11-12H2,1-2H3. The second-order valence-electron chi connectivity index (χ2n) is 6.70. The van der Waals surface area contributed by atoms with Gasteiger partial charge >= 0.3 is 0 Å². The zero-order valence-electron chi connectivity index (χ0n) is 13.6. The largest absolute Gasteiger partial charge is 0.353 e. The van der Waals surface area contributed by atoms with Crippen LogP contribution in [0.2, 0.25) is 0 Å². The van der Waals surface area contributed by atoms with Crippen LogP contribution in [0.4, 0.5) is 5.82 Å². The van der Waals surface area contributed by atoms with E-state index in [2.05, 4.69) is 39.8 Å². The van der Waals surface area contributed by atoms with Crippen molar-refractivity contribution in [3.05, 3.63) is 24.0 Å². The van der Waals surface area contributed by atoms with E-state index in [1.54, 1.807) is 0 Å². The fourth-order valence-electron chi connectivity index (χ4n) is 3.87. The van der Waals surface area contributed by atoms with E-state index in [1.807, 2.05) is 16.8 Å². The lowest BCUT2D eigenvalue weighted by molar-refractivity contribution is 0.0871. The maximum Gasteiger partial charge on any atom is 0.157 e. The minimum absolute atomic E-state index is 0.708. The maximum atomic E-state index is 4.64. The van der Waals surface area contributed by atoms with Crippen LogP contribution >= 0.6 is 0 Å². The number of hydrogen-bond donors (Lipinski definition) is 0. The molecule has 2 aliphatic rings. The van der Waals surface area contributed by atoms with Crippen molar-refractivity contribution < 1.29 is 0 Å². The molecule has 0 bridgehead atoms. The average Bonchev–Trinajstić information content (AvgIpc) is 2.95. The van der Waals surface area contributed by atoms with E-state index >= 15 is 0 Å². The summed E-state index contributed by atoms with van der Waals surface area (Å²) in [4.78, 5) is 9.80. The first kappa shape index (κ1) is 14.0. The van der Waals surface area contributed by atoms with Gasteiger partial charge in [-0.05, 0) is 32.7 Å². The molecular formula is C17H25N5. The van der Waals surface area contributed by atoms with Crippen LogP contribution in [0.25, 0.3) is 5.65 Å². The van der Waals surface area contributed by atoms with Gasteiger partial charge in [0.25, 0.3) is 0 Å². The molecule has 5 nitrogen and oxygen atoms in total. The molecule has 0 aromatic carbocycles. The van der Waals surface area contributed by atoms with Crippen LogP contribution < -0.4 is 4.90 Å². The Hall–Kier alpha value is -1.62. The summed E-state index contributed by atoms with van der Waals surface area (Å²) in [5.74, 6) is 1.20. The molecule has 118 valence electrons. The van der Waals surface area contributed by atoms with Gasteiger partial charge in [0.2, 0.25) is 0 Å². The van der Waals surface area contributed by atoms with Gasteiger partial charge in [-0.2, -0.15) is 9.61 Å². The summed E-state index contributed by atoms with van der Waals surface area (Å²) < 4.78 is 1.98. The van der Waals surface area contributed by atoms with Gasteiger partial charge in [0.1, 0.15) is 5.82 Å². The number of aryl methyl sites for hydroxylation is 1. The molecule has 1 atom stereocenters. The molecule has 0 radical (unpaired) electrons. The van der Waals surface area contributed by atoms with E-state index in [0.29, 0.717) is 6.04 Å². The molecule has 2 aliphatic heterocycles. The minimum atomic E-state index is 0.708. The first-order valence-electron chi connectivity index (χ1n) is 8.60. The molecule has 4 rings (SSSR count). The molecule has 2 aromatic rings. The first-order chi connectivity index (χ1) is 10.8. The van der Waals surface area contributed by atoms with Crippen molar-refractivity contribution in [1.82, 2.24) is 19.5 Å². The zero-order valence-corrected chi connectivity index (χ0v) is 13.6. The lowest BCUT2D eigenvalue weighted by Crippen LogP contribution is -2.62. The molecule has 0 aliphatic carbocycles. The number of rotatable bonds is 3. The molecule has 0 spiro atoms. The van der Waals surface area contributed by atoms with Gasteiger partial charge in [0.15, 0.2) is 5.65 Å². The summed E-state index contributed by atoms with van der Waals surface area (Å²) in [6, 6.07) is 5.65. The van der Waals surface area contributed by atoms with Crippen molar-refractivity contribution in [2.45, 2.75) is 51.6 Å². The summed E-state index contributed by atoms with van der Waals surface area (Å²) in [6.07, 6.45) is 6.92. The van der Waals surface area contributed by atoms with Crippen LogP contribution in [0.5, 0.6) is 0 Å². The maximum absolute atomic E-state index is 4.64.